The molecule has 26 heavy (non-hydrogen) atoms. The molecule has 8 heteroatoms. The van der Waals surface area contributed by atoms with Gasteiger partial charge in [-0.15, -0.1) is 0 Å². The van der Waals surface area contributed by atoms with Gasteiger partial charge in [0.1, 0.15) is 11.3 Å². The molecule has 0 amide bonds. The van der Waals surface area contributed by atoms with Crippen molar-refractivity contribution in [2.24, 2.45) is 11.1 Å². The topological polar surface area (TPSA) is 112 Å². The van der Waals surface area contributed by atoms with E-state index < -0.39 is 0 Å². The minimum atomic E-state index is 0.354. The predicted molar refractivity (Wildman–Crippen MR) is 99.7 cm³/mol. The Morgan fingerprint density at radius 3 is 2.73 bits per heavy atom. The number of piperidine rings is 1. The maximum absolute atomic E-state index is 6.40. The van der Waals surface area contributed by atoms with Gasteiger partial charge in [0.2, 0.25) is 5.65 Å². The predicted octanol–water partition coefficient (Wildman–Crippen LogP) is 2.15. The van der Waals surface area contributed by atoms with Gasteiger partial charge in [-0.25, -0.2) is 9.97 Å². The van der Waals surface area contributed by atoms with Crippen LogP contribution >= 0.6 is 0 Å². The highest BCUT2D eigenvalue weighted by molar-refractivity contribution is 5.88. The first-order chi connectivity index (χ1) is 12.7. The molecule has 4 N–H and O–H groups in total. The van der Waals surface area contributed by atoms with E-state index in [2.05, 4.69) is 30.3 Å². The molecule has 0 radical (unpaired) electrons. The monoisotopic (exact) mass is 352 g/mol. The molecule has 4 heterocycles. The number of nitrogens with zero attached hydrogens (tertiary/aromatic N) is 5. The Kier molecular flexibility index (Phi) is 3.49. The summed E-state index contributed by atoms with van der Waals surface area (Å²) in [6.45, 7) is 3.96. The summed E-state index contributed by atoms with van der Waals surface area (Å²) in [5.41, 5.74) is 11.0. The summed E-state index contributed by atoms with van der Waals surface area (Å²) in [4.78, 5) is 11.7. The third kappa shape index (κ3) is 2.32. The SMILES string of the molecule is Cc1[nH]ncc1-c1[nH]nc2nc(N3CCC4(CCC[C@H]4N)CC3)cnc12. The minimum Gasteiger partial charge on any atom is -0.355 e. The van der Waals surface area contributed by atoms with Crippen molar-refractivity contribution >= 4 is 17.0 Å². The second-order valence-corrected chi connectivity index (χ2v) is 7.76. The van der Waals surface area contributed by atoms with Crippen LogP contribution in [0.2, 0.25) is 0 Å². The Labute approximate surface area is 151 Å². The lowest BCUT2D eigenvalue weighted by Gasteiger charge is -2.42. The van der Waals surface area contributed by atoms with Crippen LogP contribution in [0.4, 0.5) is 5.82 Å². The van der Waals surface area contributed by atoms with Crippen molar-refractivity contribution in [1.29, 1.82) is 0 Å². The quantitative estimate of drug-likeness (QED) is 0.651. The van der Waals surface area contributed by atoms with Gasteiger partial charge in [0.25, 0.3) is 0 Å². The molecule has 0 aromatic carbocycles. The fourth-order valence-electron chi connectivity index (χ4n) is 4.70. The van der Waals surface area contributed by atoms with Crippen LogP contribution in [-0.4, -0.2) is 49.5 Å². The van der Waals surface area contributed by atoms with E-state index in [9.17, 15) is 0 Å². The van der Waals surface area contributed by atoms with Crippen LogP contribution in [0, 0.1) is 12.3 Å². The second-order valence-electron chi connectivity index (χ2n) is 7.76. The van der Waals surface area contributed by atoms with Crippen molar-refractivity contribution in [3.63, 3.8) is 0 Å². The molecule has 2 aliphatic rings. The number of nitrogens with two attached hydrogens (primary N) is 1. The molecule has 2 fully saturated rings. The molecule has 1 aliphatic carbocycles. The third-order valence-electron chi connectivity index (χ3n) is 6.41. The number of hydrogen-bond acceptors (Lipinski definition) is 6. The van der Waals surface area contributed by atoms with Gasteiger partial charge in [-0.05, 0) is 38.0 Å². The first-order valence-corrected chi connectivity index (χ1v) is 9.38. The Hall–Kier alpha value is -2.48. The zero-order valence-corrected chi connectivity index (χ0v) is 15.0. The van der Waals surface area contributed by atoms with E-state index in [-0.39, 0.29) is 0 Å². The van der Waals surface area contributed by atoms with Crippen LogP contribution in [0.15, 0.2) is 12.4 Å². The van der Waals surface area contributed by atoms with Gasteiger partial charge in [0.05, 0.1) is 18.1 Å². The standard InChI is InChI=1S/C18H24N8/c1-11-12(9-21-23-11)15-16-17(25-24-15)22-14(10-20-16)26-7-5-18(6-8-26)4-2-3-13(18)19/h9-10,13H,2-8,19H2,1H3,(H,21,23)(H,22,24,25)/t13-/m1/s1. The van der Waals surface area contributed by atoms with Crippen molar-refractivity contribution in [1.82, 2.24) is 30.4 Å². The van der Waals surface area contributed by atoms with Gasteiger partial charge in [-0.3, -0.25) is 10.2 Å². The maximum Gasteiger partial charge on any atom is 0.202 e. The average Bonchev–Trinajstić information content (AvgIpc) is 3.35. The lowest BCUT2D eigenvalue weighted by atomic mass is 9.74. The molecule has 3 aromatic heterocycles. The van der Waals surface area contributed by atoms with Gasteiger partial charge in [-0.1, -0.05) is 6.42 Å². The third-order valence-corrected chi connectivity index (χ3v) is 6.41. The van der Waals surface area contributed by atoms with Crippen molar-refractivity contribution in [2.45, 2.75) is 45.1 Å². The normalized spacial score (nSPS) is 22.5. The molecule has 3 aromatic rings. The molecule has 1 spiro atoms. The number of fused-ring (bicyclic) bond motifs is 1. The van der Waals surface area contributed by atoms with E-state index in [0.29, 0.717) is 17.1 Å². The zero-order chi connectivity index (χ0) is 17.7. The summed E-state index contributed by atoms with van der Waals surface area (Å²) in [6, 6.07) is 0.366. The van der Waals surface area contributed by atoms with Crippen LogP contribution in [0.1, 0.15) is 37.8 Å². The molecule has 1 saturated heterocycles. The van der Waals surface area contributed by atoms with E-state index in [1.165, 1.54) is 19.3 Å². The van der Waals surface area contributed by atoms with Crippen molar-refractivity contribution in [3.05, 3.63) is 18.1 Å². The average molecular weight is 352 g/mol. The number of aromatic amines is 2. The van der Waals surface area contributed by atoms with E-state index in [1.807, 2.05) is 13.1 Å². The molecular formula is C18H24N8. The fraction of sp³-hybridized carbons (Fsp3) is 0.556. The number of H-pyrrole nitrogens is 2. The smallest absolute Gasteiger partial charge is 0.202 e. The summed E-state index contributed by atoms with van der Waals surface area (Å²) >= 11 is 0. The number of hydrogen-bond donors (Lipinski definition) is 3. The van der Waals surface area contributed by atoms with Crippen molar-refractivity contribution < 1.29 is 0 Å². The number of aryl methyl sites for hydroxylation is 1. The molecule has 1 aliphatic heterocycles. The summed E-state index contributed by atoms with van der Waals surface area (Å²) in [5.74, 6) is 0.904. The fourth-order valence-corrected chi connectivity index (χ4v) is 4.70. The Balaban J connectivity index is 1.40. The summed E-state index contributed by atoms with van der Waals surface area (Å²) < 4.78 is 0. The highest BCUT2D eigenvalue weighted by Gasteiger charge is 2.43. The first kappa shape index (κ1) is 15.7. The minimum absolute atomic E-state index is 0.354. The second kappa shape index (κ2) is 5.77. The van der Waals surface area contributed by atoms with E-state index >= 15 is 0 Å². The van der Waals surface area contributed by atoms with Crippen LogP contribution in [0.25, 0.3) is 22.4 Å². The molecule has 8 nitrogen and oxygen atoms in total. The van der Waals surface area contributed by atoms with E-state index in [1.54, 1.807) is 6.20 Å². The molecule has 1 saturated carbocycles. The Morgan fingerprint density at radius 2 is 2.04 bits per heavy atom. The van der Waals surface area contributed by atoms with Crippen LogP contribution in [-0.2, 0) is 0 Å². The Morgan fingerprint density at radius 1 is 1.19 bits per heavy atom. The van der Waals surface area contributed by atoms with Crippen LogP contribution < -0.4 is 10.6 Å². The van der Waals surface area contributed by atoms with Gasteiger partial charge in [0.15, 0.2) is 0 Å². The molecular weight excluding hydrogens is 328 g/mol. The number of anilines is 1. The van der Waals surface area contributed by atoms with Gasteiger partial charge in [0, 0.05) is 30.4 Å². The summed E-state index contributed by atoms with van der Waals surface area (Å²) in [5, 5.41) is 14.5. The maximum atomic E-state index is 6.40. The zero-order valence-electron chi connectivity index (χ0n) is 15.0. The highest BCUT2D eigenvalue weighted by atomic mass is 15.2. The van der Waals surface area contributed by atoms with Gasteiger partial charge >= 0.3 is 0 Å². The van der Waals surface area contributed by atoms with Crippen LogP contribution in [0.3, 0.4) is 0 Å². The molecule has 0 unspecified atom stereocenters. The van der Waals surface area contributed by atoms with Crippen molar-refractivity contribution in [2.75, 3.05) is 18.0 Å². The van der Waals surface area contributed by atoms with E-state index in [4.69, 9.17) is 10.7 Å². The molecule has 0 bridgehead atoms. The number of rotatable bonds is 2. The lowest BCUT2D eigenvalue weighted by Crippen LogP contribution is -2.47. The van der Waals surface area contributed by atoms with Crippen LogP contribution in [0.5, 0.6) is 0 Å². The summed E-state index contributed by atoms with van der Waals surface area (Å²) in [6.07, 6.45) is 9.67. The molecule has 136 valence electrons. The number of aromatic nitrogens is 6. The lowest BCUT2D eigenvalue weighted by molar-refractivity contribution is 0.197. The van der Waals surface area contributed by atoms with Gasteiger partial charge in [-0.2, -0.15) is 10.2 Å². The molecule has 1 atom stereocenters. The highest BCUT2D eigenvalue weighted by Crippen LogP contribution is 2.45. The van der Waals surface area contributed by atoms with Gasteiger partial charge < -0.3 is 10.6 Å². The Bertz CT molecular complexity index is 934. The van der Waals surface area contributed by atoms with Crippen molar-refractivity contribution in [3.8, 4) is 11.3 Å². The number of nitrogens with one attached hydrogen (secondary N) is 2. The summed E-state index contributed by atoms with van der Waals surface area (Å²) in [7, 11) is 0. The van der Waals surface area contributed by atoms with E-state index in [0.717, 1.165) is 54.2 Å². The first-order valence-electron chi connectivity index (χ1n) is 9.38. The molecule has 5 rings (SSSR count). The largest absolute Gasteiger partial charge is 0.355 e.